The van der Waals surface area contributed by atoms with Gasteiger partial charge in [-0.25, -0.2) is 4.98 Å². The van der Waals surface area contributed by atoms with E-state index < -0.39 is 0 Å². The molecule has 1 aromatic carbocycles. The number of carbonyl (C=O) groups excluding carboxylic acids is 2. The predicted octanol–water partition coefficient (Wildman–Crippen LogP) is 3.34. The van der Waals surface area contributed by atoms with E-state index in [0.717, 1.165) is 32.2 Å². The molecule has 6 heteroatoms. The molecule has 0 saturated carbocycles. The molecule has 1 aliphatic heterocycles. The van der Waals surface area contributed by atoms with Crippen molar-refractivity contribution in [3.63, 3.8) is 0 Å². The molecular weight excluding hydrogens is 322 g/mol. The second-order valence-corrected chi connectivity index (χ2v) is 6.92. The van der Waals surface area contributed by atoms with Crippen LogP contribution in [0, 0.1) is 0 Å². The van der Waals surface area contributed by atoms with Gasteiger partial charge in [0.15, 0.2) is 5.13 Å². The number of rotatable bonds is 4. The number of piperidine rings is 1. The highest BCUT2D eigenvalue weighted by Crippen LogP contribution is 2.24. The molecule has 2 aromatic rings. The Kier molecular flexibility index (Phi) is 5.25. The summed E-state index contributed by atoms with van der Waals surface area (Å²) in [7, 11) is 0. The molecule has 0 bridgehead atoms. The van der Waals surface area contributed by atoms with Gasteiger partial charge in [0.05, 0.1) is 0 Å². The van der Waals surface area contributed by atoms with E-state index in [9.17, 15) is 9.59 Å². The van der Waals surface area contributed by atoms with Crippen molar-refractivity contribution in [1.82, 2.24) is 9.88 Å². The van der Waals surface area contributed by atoms with Gasteiger partial charge in [0.2, 0.25) is 5.91 Å². The number of hydrogen-bond acceptors (Lipinski definition) is 4. The van der Waals surface area contributed by atoms with E-state index in [1.807, 2.05) is 23.1 Å². The standard InChI is InChI=1S/C18H21N3O2S/c1-13(22)19-18-20-16(12-24-18)17(23)21-10-6-5-9-15(21)11-14-7-3-2-4-8-14/h2-4,7-8,12,15H,5-6,9-11H2,1H3,(H,19,20,22). The van der Waals surface area contributed by atoms with Crippen molar-refractivity contribution >= 4 is 28.3 Å². The van der Waals surface area contributed by atoms with Crippen LogP contribution in [0.15, 0.2) is 35.7 Å². The van der Waals surface area contributed by atoms with Gasteiger partial charge in [-0.05, 0) is 31.2 Å². The SMILES string of the molecule is CC(=O)Nc1nc(C(=O)N2CCCCC2Cc2ccccc2)cs1. The summed E-state index contributed by atoms with van der Waals surface area (Å²) in [6.45, 7) is 2.20. The maximum absolute atomic E-state index is 12.9. The number of carbonyl (C=O) groups is 2. The lowest BCUT2D eigenvalue weighted by molar-refractivity contribution is -0.114. The van der Waals surface area contributed by atoms with E-state index in [-0.39, 0.29) is 17.9 Å². The van der Waals surface area contributed by atoms with Crippen LogP contribution < -0.4 is 5.32 Å². The van der Waals surface area contributed by atoms with Crippen LogP contribution in [-0.2, 0) is 11.2 Å². The molecule has 0 aliphatic carbocycles. The van der Waals surface area contributed by atoms with Gasteiger partial charge in [-0.15, -0.1) is 11.3 Å². The first-order valence-corrected chi connectivity index (χ1v) is 9.09. The minimum absolute atomic E-state index is 0.0384. The fourth-order valence-electron chi connectivity index (χ4n) is 3.09. The minimum atomic E-state index is -0.178. The highest BCUT2D eigenvalue weighted by Gasteiger charge is 2.29. The van der Waals surface area contributed by atoms with Gasteiger partial charge in [-0.2, -0.15) is 0 Å². The number of nitrogens with zero attached hydrogens (tertiary/aromatic N) is 2. The molecule has 2 amide bonds. The lowest BCUT2D eigenvalue weighted by atomic mass is 9.95. The normalized spacial score (nSPS) is 17.5. The van der Waals surface area contributed by atoms with Crippen molar-refractivity contribution in [2.45, 2.75) is 38.6 Å². The van der Waals surface area contributed by atoms with Gasteiger partial charge in [0.25, 0.3) is 5.91 Å². The smallest absolute Gasteiger partial charge is 0.273 e. The zero-order valence-electron chi connectivity index (χ0n) is 13.7. The summed E-state index contributed by atoms with van der Waals surface area (Å²) in [5, 5.41) is 4.83. The molecule has 0 radical (unpaired) electrons. The third kappa shape index (κ3) is 4.00. The number of likely N-dealkylation sites (tertiary alicyclic amines) is 1. The Morgan fingerprint density at radius 3 is 2.83 bits per heavy atom. The number of nitrogens with one attached hydrogen (secondary N) is 1. The second kappa shape index (κ2) is 7.57. The Bertz CT molecular complexity index is 714. The van der Waals surface area contributed by atoms with Crippen LogP contribution in [0.1, 0.15) is 42.2 Å². The summed E-state index contributed by atoms with van der Waals surface area (Å²) in [5.41, 5.74) is 1.67. The fraction of sp³-hybridized carbons (Fsp3) is 0.389. The van der Waals surface area contributed by atoms with Gasteiger partial charge in [0, 0.05) is 24.9 Å². The first-order valence-electron chi connectivity index (χ1n) is 8.21. The summed E-state index contributed by atoms with van der Waals surface area (Å²) >= 11 is 1.28. The highest BCUT2D eigenvalue weighted by molar-refractivity contribution is 7.14. The Hall–Kier alpha value is -2.21. The number of hydrogen-bond donors (Lipinski definition) is 1. The highest BCUT2D eigenvalue weighted by atomic mass is 32.1. The maximum Gasteiger partial charge on any atom is 0.273 e. The third-order valence-electron chi connectivity index (χ3n) is 4.21. The van der Waals surface area contributed by atoms with Gasteiger partial charge >= 0.3 is 0 Å². The molecule has 2 heterocycles. The van der Waals surface area contributed by atoms with Crippen molar-refractivity contribution in [2.24, 2.45) is 0 Å². The van der Waals surface area contributed by atoms with E-state index in [2.05, 4.69) is 22.4 Å². The van der Waals surface area contributed by atoms with Crippen molar-refractivity contribution in [2.75, 3.05) is 11.9 Å². The van der Waals surface area contributed by atoms with Gasteiger partial charge < -0.3 is 10.2 Å². The van der Waals surface area contributed by atoms with E-state index in [1.54, 1.807) is 5.38 Å². The van der Waals surface area contributed by atoms with Crippen LogP contribution in [0.5, 0.6) is 0 Å². The summed E-state index contributed by atoms with van der Waals surface area (Å²) < 4.78 is 0. The van der Waals surface area contributed by atoms with Crippen molar-refractivity contribution in [1.29, 1.82) is 0 Å². The van der Waals surface area contributed by atoms with Crippen LogP contribution in [0.4, 0.5) is 5.13 Å². The summed E-state index contributed by atoms with van der Waals surface area (Å²) in [5.74, 6) is -0.216. The third-order valence-corrected chi connectivity index (χ3v) is 4.97. The monoisotopic (exact) mass is 343 g/mol. The van der Waals surface area contributed by atoms with Crippen LogP contribution in [0.2, 0.25) is 0 Å². The Morgan fingerprint density at radius 2 is 2.08 bits per heavy atom. The zero-order valence-corrected chi connectivity index (χ0v) is 14.5. The topological polar surface area (TPSA) is 62.3 Å². The lowest BCUT2D eigenvalue weighted by Gasteiger charge is -2.35. The number of thiazole rings is 1. The largest absolute Gasteiger partial charge is 0.334 e. The molecule has 1 aromatic heterocycles. The zero-order chi connectivity index (χ0) is 16.9. The Morgan fingerprint density at radius 1 is 1.29 bits per heavy atom. The first-order chi connectivity index (χ1) is 11.6. The average molecular weight is 343 g/mol. The Labute approximate surface area is 145 Å². The summed E-state index contributed by atoms with van der Waals surface area (Å²) in [6, 6.07) is 10.5. The molecule has 24 heavy (non-hydrogen) atoms. The first kappa shape index (κ1) is 16.6. The fourth-order valence-corrected chi connectivity index (χ4v) is 3.82. The molecule has 1 atom stereocenters. The lowest BCUT2D eigenvalue weighted by Crippen LogP contribution is -2.45. The number of anilines is 1. The molecule has 0 spiro atoms. The summed E-state index contributed by atoms with van der Waals surface area (Å²) in [6.07, 6.45) is 4.06. The molecular formula is C18H21N3O2S. The molecule has 1 fully saturated rings. The van der Waals surface area contributed by atoms with Crippen LogP contribution in [0.25, 0.3) is 0 Å². The summed E-state index contributed by atoms with van der Waals surface area (Å²) in [4.78, 5) is 30.2. The van der Waals surface area contributed by atoms with Gasteiger partial charge in [0.1, 0.15) is 5.69 Å². The van der Waals surface area contributed by atoms with Crippen molar-refractivity contribution in [3.8, 4) is 0 Å². The van der Waals surface area contributed by atoms with Crippen LogP contribution >= 0.6 is 11.3 Å². The van der Waals surface area contributed by atoms with Gasteiger partial charge in [-0.1, -0.05) is 30.3 Å². The Balaban J connectivity index is 1.73. The average Bonchev–Trinajstić information content (AvgIpc) is 3.03. The number of amides is 2. The van der Waals surface area contributed by atoms with Crippen molar-refractivity contribution in [3.05, 3.63) is 47.0 Å². The molecule has 3 rings (SSSR count). The molecule has 5 nitrogen and oxygen atoms in total. The van der Waals surface area contributed by atoms with Crippen molar-refractivity contribution < 1.29 is 9.59 Å². The van der Waals surface area contributed by atoms with Crippen LogP contribution in [-0.4, -0.2) is 34.3 Å². The maximum atomic E-state index is 12.9. The number of benzene rings is 1. The molecule has 1 saturated heterocycles. The molecule has 126 valence electrons. The van der Waals surface area contributed by atoms with Gasteiger partial charge in [-0.3, -0.25) is 9.59 Å². The van der Waals surface area contributed by atoms with E-state index in [1.165, 1.54) is 23.8 Å². The number of aromatic nitrogens is 1. The molecule has 1 aliphatic rings. The predicted molar refractivity (Wildman–Crippen MR) is 95.2 cm³/mol. The molecule has 1 unspecified atom stereocenters. The van der Waals surface area contributed by atoms with E-state index in [4.69, 9.17) is 0 Å². The van der Waals surface area contributed by atoms with E-state index in [0.29, 0.717) is 10.8 Å². The van der Waals surface area contributed by atoms with E-state index >= 15 is 0 Å². The quantitative estimate of drug-likeness (QED) is 0.926. The van der Waals surface area contributed by atoms with Crippen LogP contribution in [0.3, 0.4) is 0 Å². The molecule has 1 N–H and O–H groups in total. The second-order valence-electron chi connectivity index (χ2n) is 6.06. The minimum Gasteiger partial charge on any atom is -0.334 e.